The monoisotopic (exact) mass is 482 g/mol. The van der Waals surface area contributed by atoms with Gasteiger partial charge in [0.05, 0.1) is 27.6 Å². The summed E-state index contributed by atoms with van der Waals surface area (Å²) < 4.78 is 4.88. The van der Waals surface area contributed by atoms with Crippen molar-refractivity contribution in [2.75, 3.05) is 0 Å². The Morgan fingerprint density at radius 2 is 0.921 bits per heavy atom. The van der Waals surface area contributed by atoms with Gasteiger partial charge in [0.1, 0.15) is 0 Å². The Morgan fingerprint density at radius 3 is 1.74 bits per heavy atom. The molecule has 0 N–H and O–H groups in total. The number of aromatic nitrogens is 2. The molecule has 0 bridgehead atoms. The standard InChI is InChI=1S/C36H22N2/c1-2-10-24-19-26(18-17-23(24)9-1)37-32-15-7-6-14-30(32)31-22-34-25(21-36(31)37)20-35-29-13-4-3-11-27(29)28-12-5-8-16-33(28)38(34)35/h1-22H. The minimum absolute atomic E-state index is 1.19. The zero-order chi connectivity index (χ0) is 24.8. The maximum Gasteiger partial charge on any atom is 0.0548 e. The molecular formula is C36H22N2. The zero-order valence-corrected chi connectivity index (χ0v) is 20.6. The quantitative estimate of drug-likeness (QED) is 0.206. The normalized spacial score (nSPS) is 12.2. The highest BCUT2D eigenvalue weighted by Crippen LogP contribution is 2.39. The van der Waals surface area contributed by atoms with E-state index in [0.29, 0.717) is 0 Å². The van der Waals surface area contributed by atoms with Crippen molar-refractivity contribution < 1.29 is 0 Å². The molecule has 0 amide bonds. The zero-order valence-electron chi connectivity index (χ0n) is 20.6. The van der Waals surface area contributed by atoms with Gasteiger partial charge in [-0.3, -0.25) is 0 Å². The maximum atomic E-state index is 2.45. The van der Waals surface area contributed by atoms with Crippen LogP contribution in [-0.2, 0) is 0 Å². The fourth-order valence-electron chi connectivity index (χ4n) is 6.56. The number of hydrogen-bond acceptors (Lipinski definition) is 0. The molecule has 9 aromatic rings. The van der Waals surface area contributed by atoms with Crippen molar-refractivity contribution in [3.63, 3.8) is 0 Å². The molecule has 0 unspecified atom stereocenters. The second kappa shape index (κ2) is 7.24. The maximum absolute atomic E-state index is 2.45. The molecule has 6 aromatic carbocycles. The molecule has 2 nitrogen and oxygen atoms in total. The van der Waals surface area contributed by atoms with E-state index in [1.54, 1.807) is 0 Å². The average Bonchev–Trinajstić information content (AvgIpc) is 3.51. The molecule has 38 heavy (non-hydrogen) atoms. The van der Waals surface area contributed by atoms with Crippen molar-refractivity contribution in [2.24, 2.45) is 0 Å². The van der Waals surface area contributed by atoms with E-state index < -0.39 is 0 Å². The Labute approximate surface area is 218 Å². The molecule has 9 rings (SSSR count). The number of fused-ring (bicyclic) bond motifs is 12. The summed E-state index contributed by atoms with van der Waals surface area (Å²) in [5, 5.41) is 10.2. The summed E-state index contributed by atoms with van der Waals surface area (Å²) in [6.07, 6.45) is 0. The van der Waals surface area contributed by atoms with E-state index in [9.17, 15) is 0 Å². The van der Waals surface area contributed by atoms with Crippen LogP contribution in [0.25, 0.3) is 76.4 Å². The summed E-state index contributed by atoms with van der Waals surface area (Å²) in [4.78, 5) is 0. The van der Waals surface area contributed by atoms with Crippen LogP contribution in [0.3, 0.4) is 0 Å². The van der Waals surface area contributed by atoms with Crippen molar-refractivity contribution in [1.29, 1.82) is 0 Å². The lowest BCUT2D eigenvalue weighted by molar-refractivity contribution is 1.19. The van der Waals surface area contributed by atoms with E-state index in [2.05, 4.69) is 142 Å². The fourth-order valence-corrected chi connectivity index (χ4v) is 6.56. The van der Waals surface area contributed by atoms with Crippen LogP contribution in [0.4, 0.5) is 0 Å². The molecule has 0 fully saturated rings. The lowest BCUT2D eigenvalue weighted by atomic mass is 10.1. The van der Waals surface area contributed by atoms with E-state index in [1.807, 2.05) is 0 Å². The van der Waals surface area contributed by atoms with Gasteiger partial charge in [-0.1, -0.05) is 91.0 Å². The van der Waals surface area contributed by atoms with Gasteiger partial charge in [0.15, 0.2) is 0 Å². The van der Waals surface area contributed by atoms with Gasteiger partial charge < -0.3 is 8.97 Å². The van der Waals surface area contributed by atoms with Crippen molar-refractivity contribution in [3.8, 4) is 5.69 Å². The van der Waals surface area contributed by atoms with E-state index in [-0.39, 0.29) is 0 Å². The smallest absolute Gasteiger partial charge is 0.0548 e. The Kier molecular flexibility index (Phi) is 3.82. The molecule has 0 atom stereocenters. The van der Waals surface area contributed by atoms with E-state index in [4.69, 9.17) is 0 Å². The second-order valence-corrected chi connectivity index (χ2v) is 10.2. The van der Waals surface area contributed by atoms with Gasteiger partial charge in [-0.2, -0.15) is 0 Å². The summed E-state index contributed by atoms with van der Waals surface area (Å²) in [5.74, 6) is 0. The number of para-hydroxylation sites is 2. The Balaban J connectivity index is 1.47. The second-order valence-electron chi connectivity index (χ2n) is 10.2. The summed E-state index contributed by atoms with van der Waals surface area (Å²) in [6.45, 7) is 0. The predicted octanol–water partition coefficient (Wildman–Crippen LogP) is 9.65. The van der Waals surface area contributed by atoms with E-state index in [0.717, 1.165) is 0 Å². The molecule has 0 saturated heterocycles. The Hall–Kier alpha value is -5.08. The molecule has 0 aliphatic heterocycles. The van der Waals surface area contributed by atoms with Crippen LogP contribution in [0.1, 0.15) is 0 Å². The molecule has 0 aliphatic carbocycles. The Bertz CT molecular complexity index is 2400. The predicted molar refractivity (Wildman–Crippen MR) is 162 cm³/mol. The first-order valence-electron chi connectivity index (χ1n) is 13.1. The van der Waals surface area contributed by atoms with Crippen LogP contribution in [0.2, 0.25) is 0 Å². The molecule has 3 aromatic heterocycles. The lowest BCUT2D eigenvalue weighted by Gasteiger charge is -2.10. The van der Waals surface area contributed by atoms with Gasteiger partial charge in [0.25, 0.3) is 0 Å². The molecule has 2 heteroatoms. The lowest BCUT2D eigenvalue weighted by Crippen LogP contribution is -1.94. The third kappa shape index (κ3) is 2.56. The van der Waals surface area contributed by atoms with E-state index in [1.165, 1.54) is 76.4 Å². The first-order valence-corrected chi connectivity index (χ1v) is 13.1. The van der Waals surface area contributed by atoms with Gasteiger partial charge in [0.2, 0.25) is 0 Å². The van der Waals surface area contributed by atoms with E-state index >= 15 is 0 Å². The summed E-state index contributed by atoms with van der Waals surface area (Å²) in [6, 6.07) is 48.9. The minimum atomic E-state index is 1.19. The van der Waals surface area contributed by atoms with Gasteiger partial charge >= 0.3 is 0 Å². The van der Waals surface area contributed by atoms with Gasteiger partial charge in [0, 0.05) is 32.6 Å². The fraction of sp³-hybridized carbons (Fsp3) is 0. The first kappa shape index (κ1) is 20.0. The highest BCUT2D eigenvalue weighted by atomic mass is 15.0. The first-order chi connectivity index (χ1) is 18.8. The summed E-state index contributed by atoms with van der Waals surface area (Å²) >= 11 is 0. The molecule has 0 saturated carbocycles. The van der Waals surface area contributed by atoms with Crippen LogP contribution in [-0.4, -0.2) is 8.97 Å². The van der Waals surface area contributed by atoms with Crippen LogP contribution in [0, 0.1) is 0 Å². The number of benzene rings is 6. The van der Waals surface area contributed by atoms with Crippen LogP contribution >= 0.6 is 0 Å². The summed E-state index contributed by atoms with van der Waals surface area (Å²) in [5.41, 5.74) is 7.40. The van der Waals surface area contributed by atoms with Crippen LogP contribution in [0.5, 0.6) is 0 Å². The molecule has 0 spiro atoms. The molecule has 176 valence electrons. The highest BCUT2D eigenvalue weighted by Gasteiger charge is 2.17. The van der Waals surface area contributed by atoms with Gasteiger partial charge in [-0.25, -0.2) is 0 Å². The van der Waals surface area contributed by atoms with Gasteiger partial charge in [-0.15, -0.1) is 0 Å². The van der Waals surface area contributed by atoms with Crippen molar-refractivity contribution in [2.45, 2.75) is 0 Å². The Morgan fingerprint density at radius 1 is 0.316 bits per heavy atom. The largest absolute Gasteiger partial charge is 0.309 e. The highest BCUT2D eigenvalue weighted by molar-refractivity contribution is 6.19. The SMILES string of the molecule is c1ccc2cc(-n3c4ccccc4c4cc5c(cc43)cc3c4ccccc4c4ccccc4n53)ccc2c1. The van der Waals surface area contributed by atoms with Crippen molar-refractivity contribution >= 4 is 70.7 Å². The number of hydrogen-bond donors (Lipinski definition) is 0. The third-order valence-electron chi connectivity index (χ3n) is 8.22. The average molecular weight is 483 g/mol. The molecule has 3 heterocycles. The molecule has 0 radical (unpaired) electrons. The van der Waals surface area contributed by atoms with Crippen LogP contribution < -0.4 is 0 Å². The number of nitrogens with zero attached hydrogens (tertiary/aromatic N) is 2. The molecular weight excluding hydrogens is 460 g/mol. The van der Waals surface area contributed by atoms with Gasteiger partial charge in [-0.05, 0) is 58.6 Å². The van der Waals surface area contributed by atoms with Crippen LogP contribution in [0.15, 0.2) is 133 Å². The molecule has 0 aliphatic rings. The number of rotatable bonds is 1. The summed E-state index contributed by atoms with van der Waals surface area (Å²) in [7, 11) is 0. The van der Waals surface area contributed by atoms with Crippen molar-refractivity contribution in [1.82, 2.24) is 8.97 Å². The topological polar surface area (TPSA) is 9.34 Å². The number of pyridine rings is 1. The minimum Gasteiger partial charge on any atom is -0.309 e. The third-order valence-corrected chi connectivity index (χ3v) is 8.22. The van der Waals surface area contributed by atoms with Crippen molar-refractivity contribution in [3.05, 3.63) is 133 Å².